The van der Waals surface area contributed by atoms with Gasteiger partial charge >= 0.3 is 5.69 Å². The molecule has 4 nitrogen and oxygen atoms in total. The van der Waals surface area contributed by atoms with Crippen molar-refractivity contribution in [2.75, 3.05) is 6.54 Å². The summed E-state index contributed by atoms with van der Waals surface area (Å²) in [7, 11) is 0. The van der Waals surface area contributed by atoms with E-state index in [4.69, 9.17) is 5.73 Å². The highest BCUT2D eigenvalue weighted by Crippen LogP contribution is 2.20. The van der Waals surface area contributed by atoms with Crippen LogP contribution in [0.3, 0.4) is 0 Å². The fourth-order valence-electron chi connectivity index (χ4n) is 1.89. The smallest absolute Gasteiger partial charge is 0.330 e. The molecule has 1 heterocycles. The molecule has 70 valence electrons. The predicted molar refractivity (Wildman–Crippen MR) is 49.6 cm³/mol. The molecule has 0 saturated heterocycles. The van der Waals surface area contributed by atoms with Crippen molar-refractivity contribution in [3.8, 4) is 0 Å². The molecule has 1 aliphatic carbocycles. The summed E-state index contributed by atoms with van der Waals surface area (Å²) < 4.78 is 0. The van der Waals surface area contributed by atoms with E-state index in [-0.39, 0.29) is 5.69 Å². The van der Waals surface area contributed by atoms with Crippen molar-refractivity contribution < 1.29 is 0 Å². The van der Waals surface area contributed by atoms with Crippen molar-refractivity contribution in [3.05, 3.63) is 27.4 Å². The fraction of sp³-hybridized carbons (Fsp3) is 0.556. The normalized spacial score (nSPS) is 14.5. The van der Waals surface area contributed by atoms with E-state index >= 15 is 0 Å². The Morgan fingerprint density at radius 2 is 2.31 bits per heavy atom. The number of rotatable bonds is 2. The second kappa shape index (κ2) is 3.30. The molecule has 0 radical (unpaired) electrons. The molecule has 0 aliphatic heterocycles. The van der Waals surface area contributed by atoms with Crippen molar-refractivity contribution in [1.29, 1.82) is 0 Å². The number of aromatic nitrogens is 2. The Kier molecular flexibility index (Phi) is 2.14. The van der Waals surface area contributed by atoms with E-state index in [2.05, 4.69) is 9.97 Å². The standard InChI is InChI=1S/C9H13N3O/c10-5-4-8-6-2-1-3-7(6)11-9(13)12-8/h1-5,10H2,(H,11,12,13). The number of nitrogens with two attached hydrogens (primary N) is 1. The van der Waals surface area contributed by atoms with Crippen LogP contribution in [0.4, 0.5) is 0 Å². The lowest BCUT2D eigenvalue weighted by atomic mass is 10.1. The second-order valence-corrected chi connectivity index (χ2v) is 3.34. The maximum atomic E-state index is 11.1. The number of hydrogen-bond acceptors (Lipinski definition) is 3. The first-order chi connectivity index (χ1) is 6.31. The Balaban J connectivity index is 2.49. The molecule has 2 rings (SSSR count). The van der Waals surface area contributed by atoms with Crippen LogP contribution >= 0.6 is 0 Å². The van der Waals surface area contributed by atoms with E-state index < -0.39 is 0 Å². The highest BCUT2D eigenvalue weighted by atomic mass is 16.1. The molecule has 13 heavy (non-hydrogen) atoms. The van der Waals surface area contributed by atoms with Gasteiger partial charge in [0.1, 0.15) is 0 Å². The van der Waals surface area contributed by atoms with Gasteiger partial charge in [0.05, 0.1) is 5.69 Å². The van der Waals surface area contributed by atoms with Gasteiger partial charge in [0.25, 0.3) is 0 Å². The number of aryl methyl sites for hydroxylation is 1. The number of fused-ring (bicyclic) bond motifs is 1. The minimum absolute atomic E-state index is 0.232. The van der Waals surface area contributed by atoms with Crippen LogP contribution in [-0.2, 0) is 19.3 Å². The van der Waals surface area contributed by atoms with Crippen LogP contribution in [0.25, 0.3) is 0 Å². The molecule has 0 spiro atoms. The highest BCUT2D eigenvalue weighted by Gasteiger charge is 2.16. The molecule has 4 heteroatoms. The van der Waals surface area contributed by atoms with Gasteiger partial charge in [-0.3, -0.25) is 0 Å². The van der Waals surface area contributed by atoms with Crippen molar-refractivity contribution in [2.45, 2.75) is 25.7 Å². The number of aromatic amines is 1. The van der Waals surface area contributed by atoms with Gasteiger partial charge in [0.15, 0.2) is 0 Å². The molecule has 0 fully saturated rings. The first-order valence-corrected chi connectivity index (χ1v) is 4.62. The number of nitrogens with one attached hydrogen (secondary N) is 1. The molecular formula is C9H13N3O. The Labute approximate surface area is 76.2 Å². The molecule has 0 saturated carbocycles. The number of hydrogen-bond donors (Lipinski definition) is 2. The lowest BCUT2D eigenvalue weighted by Gasteiger charge is -2.04. The maximum absolute atomic E-state index is 11.1. The van der Waals surface area contributed by atoms with Gasteiger partial charge in [0, 0.05) is 12.1 Å². The van der Waals surface area contributed by atoms with Gasteiger partial charge in [0.2, 0.25) is 0 Å². The summed E-state index contributed by atoms with van der Waals surface area (Å²) in [5.74, 6) is 0. The Bertz CT molecular complexity index is 370. The number of H-pyrrole nitrogens is 1. The van der Waals surface area contributed by atoms with Crippen LogP contribution in [0, 0.1) is 0 Å². The Morgan fingerprint density at radius 1 is 1.46 bits per heavy atom. The first-order valence-electron chi connectivity index (χ1n) is 4.62. The lowest BCUT2D eigenvalue weighted by molar-refractivity contribution is 0.858. The molecule has 0 bridgehead atoms. The molecule has 1 aromatic heterocycles. The summed E-state index contributed by atoms with van der Waals surface area (Å²) in [5.41, 5.74) is 8.42. The number of nitrogens with zero attached hydrogens (tertiary/aromatic N) is 1. The van der Waals surface area contributed by atoms with Crippen LogP contribution in [0.2, 0.25) is 0 Å². The second-order valence-electron chi connectivity index (χ2n) is 3.34. The van der Waals surface area contributed by atoms with Crippen molar-refractivity contribution >= 4 is 0 Å². The molecule has 0 amide bonds. The minimum atomic E-state index is -0.232. The summed E-state index contributed by atoms with van der Waals surface area (Å²) in [6.45, 7) is 0.558. The van der Waals surface area contributed by atoms with Gasteiger partial charge in [-0.05, 0) is 31.4 Å². The summed E-state index contributed by atoms with van der Waals surface area (Å²) in [6.07, 6.45) is 3.85. The zero-order valence-corrected chi connectivity index (χ0v) is 7.47. The lowest BCUT2D eigenvalue weighted by Crippen LogP contribution is -2.18. The van der Waals surface area contributed by atoms with E-state index in [0.717, 1.165) is 30.7 Å². The topological polar surface area (TPSA) is 71.8 Å². The van der Waals surface area contributed by atoms with Gasteiger partial charge in [-0.2, -0.15) is 4.98 Å². The quantitative estimate of drug-likeness (QED) is 0.658. The molecule has 0 aromatic carbocycles. The van der Waals surface area contributed by atoms with Crippen LogP contribution < -0.4 is 11.4 Å². The zero-order chi connectivity index (χ0) is 9.26. The van der Waals surface area contributed by atoms with E-state index in [1.807, 2.05) is 0 Å². The molecule has 3 N–H and O–H groups in total. The summed E-state index contributed by atoms with van der Waals surface area (Å²) in [4.78, 5) is 17.8. The largest absolute Gasteiger partial charge is 0.345 e. The van der Waals surface area contributed by atoms with Gasteiger partial charge in [-0.1, -0.05) is 0 Å². The monoisotopic (exact) mass is 179 g/mol. The Hall–Kier alpha value is -1.16. The van der Waals surface area contributed by atoms with Crippen molar-refractivity contribution in [1.82, 2.24) is 9.97 Å². The SMILES string of the molecule is NCCc1nc(=O)[nH]c2c1CCC2. The minimum Gasteiger partial charge on any atom is -0.330 e. The molecular weight excluding hydrogens is 166 g/mol. The van der Waals surface area contributed by atoms with Crippen LogP contribution in [-0.4, -0.2) is 16.5 Å². The van der Waals surface area contributed by atoms with Crippen molar-refractivity contribution in [2.24, 2.45) is 5.73 Å². The maximum Gasteiger partial charge on any atom is 0.345 e. The van der Waals surface area contributed by atoms with Crippen LogP contribution in [0.5, 0.6) is 0 Å². The molecule has 0 atom stereocenters. The predicted octanol–water partition coefficient (Wildman–Crippen LogP) is -0.240. The van der Waals surface area contributed by atoms with E-state index in [1.165, 1.54) is 5.56 Å². The van der Waals surface area contributed by atoms with Crippen LogP contribution in [0.1, 0.15) is 23.4 Å². The summed E-state index contributed by atoms with van der Waals surface area (Å²) in [5, 5.41) is 0. The third kappa shape index (κ3) is 1.49. The van der Waals surface area contributed by atoms with Crippen LogP contribution in [0.15, 0.2) is 4.79 Å². The van der Waals surface area contributed by atoms with E-state index in [9.17, 15) is 4.79 Å². The van der Waals surface area contributed by atoms with Crippen molar-refractivity contribution in [3.63, 3.8) is 0 Å². The average molecular weight is 179 g/mol. The summed E-state index contributed by atoms with van der Waals surface area (Å²) >= 11 is 0. The highest BCUT2D eigenvalue weighted by molar-refractivity contribution is 5.28. The third-order valence-corrected chi connectivity index (χ3v) is 2.44. The van der Waals surface area contributed by atoms with Gasteiger partial charge < -0.3 is 10.7 Å². The zero-order valence-electron chi connectivity index (χ0n) is 7.47. The fourth-order valence-corrected chi connectivity index (χ4v) is 1.89. The van der Waals surface area contributed by atoms with Gasteiger partial charge in [-0.25, -0.2) is 4.79 Å². The van der Waals surface area contributed by atoms with E-state index in [0.29, 0.717) is 13.0 Å². The van der Waals surface area contributed by atoms with E-state index in [1.54, 1.807) is 0 Å². The molecule has 1 aromatic rings. The first kappa shape index (κ1) is 8.44. The van der Waals surface area contributed by atoms with Gasteiger partial charge in [-0.15, -0.1) is 0 Å². The summed E-state index contributed by atoms with van der Waals surface area (Å²) in [6, 6.07) is 0. The average Bonchev–Trinajstić information content (AvgIpc) is 2.52. The molecule has 1 aliphatic rings. The Morgan fingerprint density at radius 3 is 3.08 bits per heavy atom. The molecule has 0 unspecified atom stereocenters. The third-order valence-electron chi connectivity index (χ3n) is 2.44.